The van der Waals surface area contributed by atoms with Crippen molar-refractivity contribution in [1.29, 1.82) is 0 Å². The molecular weight excluding hydrogens is 417 g/mol. The van der Waals surface area contributed by atoms with Crippen molar-refractivity contribution in [3.8, 4) is 0 Å². The average Bonchev–Trinajstić information content (AvgIpc) is 2.93. The predicted octanol–water partition coefficient (Wildman–Crippen LogP) is 4.46. The lowest BCUT2D eigenvalue weighted by Crippen LogP contribution is -2.41. The minimum absolute atomic E-state index is 0.00927. The molecule has 1 aromatic heterocycles. The standard InChI is InChI=1S/C19H13BrFN3OS/c20-12-6-7-15(14(21)9-12)23-17(25)10-24-18-13-4-2-1-3-11(13)5-8-16(18)26-19(24)22/h1-9,22H,10H2,(H,23,25)/p+1. The van der Waals surface area contributed by atoms with Gasteiger partial charge >= 0.3 is 5.13 Å². The third-order valence-corrected chi connectivity index (χ3v) is 5.59. The van der Waals surface area contributed by atoms with Gasteiger partial charge in [-0.05, 0) is 41.0 Å². The van der Waals surface area contributed by atoms with E-state index in [1.165, 1.54) is 23.5 Å². The van der Waals surface area contributed by atoms with Crippen LogP contribution in [0.3, 0.4) is 0 Å². The van der Waals surface area contributed by atoms with Gasteiger partial charge in [0.05, 0.1) is 10.4 Å². The smallest absolute Gasteiger partial charge is 0.320 e. The van der Waals surface area contributed by atoms with Gasteiger partial charge in [-0.1, -0.05) is 46.3 Å². The van der Waals surface area contributed by atoms with Gasteiger partial charge in [0.1, 0.15) is 5.82 Å². The number of benzene rings is 3. The van der Waals surface area contributed by atoms with E-state index >= 15 is 0 Å². The first-order chi connectivity index (χ1) is 12.5. The van der Waals surface area contributed by atoms with E-state index in [-0.39, 0.29) is 18.1 Å². The van der Waals surface area contributed by atoms with Crippen LogP contribution >= 0.6 is 27.3 Å². The molecule has 0 unspecified atom stereocenters. The maximum atomic E-state index is 14.0. The van der Waals surface area contributed by atoms with Crippen molar-refractivity contribution in [2.45, 2.75) is 6.54 Å². The number of anilines is 2. The maximum absolute atomic E-state index is 14.0. The average molecular weight is 431 g/mol. The molecule has 1 heterocycles. The Balaban J connectivity index is 1.71. The largest absolute Gasteiger partial charge is 0.333 e. The molecule has 0 aliphatic heterocycles. The molecule has 0 fully saturated rings. The van der Waals surface area contributed by atoms with Crippen LogP contribution < -0.4 is 15.6 Å². The Hall–Kier alpha value is -2.51. The van der Waals surface area contributed by atoms with E-state index in [2.05, 4.69) is 21.2 Å². The molecule has 26 heavy (non-hydrogen) atoms. The fraction of sp³-hybridized carbons (Fsp3) is 0.0526. The molecule has 0 aliphatic rings. The van der Waals surface area contributed by atoms with Gasteiger partial charge in [-0.2, -0.15) is 0 Å². The van der Waals surface area contributed by atoms with Gasteiger partial charge in [-0.3, -0.25) is 10.5 Å². The Bertz CT molecular complexity index is 1160. The van der Waals surface area contributed by atoms with E-state index in [1.54, 1.807) is 10.6 Å². The van der Waals surface area contributed by atoms with Crippen molar-refractivity contribution < 1.29 is 13.8 Å². The number of carbonyl (C=O) groups excluding carboxylic acids is 1. The molecule has 0 radical (unpaired) electrons. The number of amides is 1. The Labute approximate surface area is 161 Å². The van der Waals surface area contributed by atoms with E-state index in [0.29, 0.717) is 9.60 Å². The van der Waals surface area contributed by atoms with Gasteiger partial charge < -0.3 is 5.32 Å². The van der Waals surface area contributed by atoms with E-state index in [4.69, 9.17) is 5.73 Å². The number of carbonyl (C=O) groups is 1. The van der Waals surface area contributed by atoms with E-state index in [1.807, 2.05) is 36.4 Å². The SMILES string of the molecule is Nc1sc2ccc3ccccc3c2[n+]1CC(=O)Nc1ccc(Br)cc1F. The van der Waals surface area contributed by atoms with Gasteiger partial charge in [0.25, 0.3) is 5.91 Å². The molecule has 7 heteroatoms. The first-order valence-electron chi connectivity index (χ1n) is 7.87. The first kappa shape index (κ1) is 16.9. The van der Waals surface area contributed by atoms with Crippen LogP contribution in [0, 0.1) is 5.82 Å². The second-order valence-electron chi connectivity index (χ2n) is 5.83. The van der Waals surface area contributed by atoms with Crippen LogP contribution in [0.2, 0.25) is 0 Å². The summed E-state index contributed by atoms with van der Waals surface area (Å²) in [5, 5.41) is 5.24. The van der Waals surface area contributed by atoms with Crippen molar-refractivity contribution in [3.05, 3.63) is 64.9 Å². The normalized spacial score (nSPS) is 11.2. The summed E-state index contributed by atoms with van der Waals surface area (Å²) in [5.74, 6) is -0.832. The zero-order valence-electron chi connectivity index (χ0n) is 13.5. The lowest BCUT2D eigenvalue weighted by molar-refractivity contribution is -0.638. The van der Waals surface area contributed by atoms with Gasteiger partial charge in [0.15, 0.2) is 12.1 Å². The zero-order chi connectivity index (χ0) is 18.3. The van der Waals surface area contributed by atoms with E-state index < -0.39 is 5.82 Å². The van der Waals surface area contributed by atoms with Crippen LogP contribution in [0.5, 0.6) is 0 Å². The minimum Gasteiger partial charge on any atom is -0.320 e. The highest BCUT2D eigenvalue weighted by molar-refractivity contribution is 9.10. The molecule has 0 saturated heterocycles. The van der Waals surface area contributed by atoms with E-state index in [0.717, 1.165) is 21.0 Å². The number of thiazole rings is 1. The molecule has 130 valence electrons. The van der Waals surface area contributed by atoms with Crippen molar-refractivity contribution in [2.24, 2.45) is 0 Å². The molecule has 1 amide bonds. The van der Waals surface area contributed by atoms with Crippen molar-refractivity contribution in [3.63, 3.8) is 0 Å². The number of nitrogens with one attached hydrogen (secondary N) is 1. The number of fused-ring (bicyclic) bond motifs is 3. The van der Waals surface area contributed by atoms with Gasteiger partial charge in [0.2, 0.25) is 0 Å². The van der Waals surface area contributed by atoms with Crippen molar-refractivity contribution in [1.82, 2.24) is 0 Å². The number of nitrogens with two attached hydrogens (primary N) is 1. The third kappa shape index (κ3) is 3.04. The van der Waals surface area contributed by atoms with Crippen LogP contribution in [-0.2, 0) is 11.3 Å². The van der Waals surface area contributed by atoms with Crippen molar-refractivity contribution in [2.75, 3.05) is 11.1 Å². The zero-order valence-corrected chi connectivity index (χ0v) is 15.9. The van der Waals surface area contributed by atoms with Crippen LogP contribution in [0.15, 0.2) is 59.1 Å². The second-order valence-corrected chi connectivity index (χ2v) is 7.81. The maximum Gasteiger partial charge on any atom is 0.333 e. The molecule has 3 aromatic carbocycles. The summed E-state index contributed by atoms with van der Waals surface area (Å²) in [4.78, 5) is 12.5. The number of nitrogen functional groups attached to an aromatic ring is 1. The summed E-state index contributed by atoms with van der Waals surface area (Å²) in [6.07, 6.45) is 0. The van der Waals surface area contributed by atoms with Crippen LogP contribution in [0.25, 0.3) is 21.0 Å². The molecular formula is C19H14BrFN3OS+. The van der Waals surface area contributed by atoms with Crippen LogP contribution in [-0.4, -0.2) is 5.91 Å². The Kier molecular flexibility index (Phi) is 4.34. The fourth-order valence-corrected chi connectivity index (χ4v) is 4.23. The van der Waals surface area contributed by atoms with Gasteiger partial charge in [-0.25, -0.2) is 8.96 Å². The summed E-state index contributed by atoms with van der Waals surface area (Å²) in [7, 11) is 0. The molecule has 0 spiro atoms. The number of hydrogen-bond donors (Lipinski definition) is 2. The first-order valence-corrected chi connectivity index (χ1v) is 9.48. The number of hydrogen-bond acceptors (Lipinski definition) is 3. The van der Waals surface area contributed by atoms with Crippen molar-refractivity contribution >= 4 is 65.0 Å². The summed E-state index contributed by atoms with van der Waals surface area (Å²) < 4.78 is 17.3. The topological polar surface area (TPSA) is 59.0 Å². The Morgan fingerprint density at radius 2 is 2.00 bits per heavy atom. The molecule has 4 rings (SSSR count). The minimum atomic E-state index is -0.494. The second kappa shape index (κ2) is 6.66. The number of rotatable bonds is 3. The third-order valence-electron chi connectivity index (χ3n) is 4.12. The summed E-state index contributed by atoms with van der Waals surface area (Å²) in [6, 6.07) is 16.5. The lowest BCUT2D eigenvalue weighted by atomic mass is 10.1. The number of halogens is 2. The lowest BCUT2D eigenvalue weighted by Gasteiger charge is -2.07. The Morgan fingerprint density at radius 1 is 1.19 bits per heavy atom. The van der Waals surface area contributed by atoms with E-state index in [9.17, 15) is 9.18 Å². The highest BCUT2D eigenvalue weighted by atomic mass is 79.9. The summed E-state index contributed by atoms with van der Waals surface area (Å²) in [6.45, 7) is 0.00927. The molecule has 4 aromatic rings. The number of nitrogens with zero attached hydrogens (tertiary/aromatic N) is 1. The number of aromatic nitrogens is 1. The molecule has 4 nitrogen and oxygen atoms in total. The predicted molar refractivity (Wildman–Crippen MR) is 107 cm³/mol. The van der Waals surface area contributed by atoms with Gasteiger partial charge in [-0.15, -0.1) is 0 Å². The fourth-order valence-electron chi connectivity index (χ4n) is 2.96. The molecule has 0 aliphatic carbocycles. The van der Waals surface area contributed by atoms with Crippen LogP contribution in [0.4, 0.5) is 15.2 Å². The summed E-state index contributed by atoms with van der Waals surface area (Å²) in [5.41, 5.74) is 7.21. The van der Waals surface area contributed by atoms with Gasteiger partial charge in [0, 0.05) is 9.86 Å². The van der Waals surface area contributed by atoms with Crippen LogP contribution in [0.1, 0.15) is 0 Å². The summed E-state index contributed by atoms with van der Waals surface area (Å²) >= 11 is 4.63. The monoisotopic (exact) mass is 430 g/mol. The molecule has 0 atom stereocenters. The quantitative estimate of drug-likeness (QED) is 0.471. The molecule has 3 N–H and O–H groups in total. The highest BCUT2D eigenvalue weighted by Gasteiger charge is 2.20. The Morgan fingerprint density at radius 3 is 2.81 bits per heavy atom. The highest BCUT2D eigenvalue weighted by Crippen LogP contribution is 2.29. The molecule has 0 saturated carbocycles. The molecule has 0 bridgehead atoms.